The second kappa shape index (κ2) is 4.20. The lowest BCUT2D eigenvalue weighted by atomic mass is 10.2. The number of halogens is 1. The van der Waals surface area contributed by atoms with Crippen LogP contribution < -0.4 is 0 Å². The molecule has 0 radical (unpaired) electrons. The van der Waals surface area contributed by atoms with E-state index in [0.717, 1.165) is 22.0 Å². The molecule has 78 valence electrons. The first-order valence-electron chi connectivity index (χ1n) is 4.34. The van der Waals surface area contributed by atoms with Gasteiger partial charge < -0.3 is 0 Å². The molecule has 2 heterocycles. The van der Waals surface area contributed by atoms with Crippen LogP contribution in [0.1, 0.15) is 20.4 Å². The van der Waals surface area contributed by atoms with E-state index >= 15 is 0 Å². The van der Waals surface area contributed by atoms with Gasteiger partial charge in [0.1, 0.15) is 10.7 Å². The van der Waals surface area contributed by atoms with Crippen molar-refractivity contribution >= 4 is 28.5 Å². The van der Waals surface area contributed by atoms with E-state index in [4.69, 9.17) is 0 Å². The molecule has 0 amide bonds. The van der Waals surface area contributed by atoms with Crippen molar-refractivity contribution in [2.75, 3.05) is 0 Å². The number of thiazole rings is 1. The van der Waals surface area contributed by atoms with E-state index in [1.54, 1.807) is 5.38 Å². The summed E-state index contributed by atoms with van der Waals surface area (Å²) < 4.78 is 13.1. The third-order valence-corrected chi connectivity index (χ3v) is 3.63. The maximum absolute atomic E-state index is 13.1. The molecule has 0 bridgehead atoms. The van der Waals surface area contributed by atoms with Gasteiger partial charge in [-0.15, -0.1) is 22.7 Å². The summed E-state index contributed by atoms with van der Waals surface area (Å²) in [5.41, 5.74) is 0.718. The number of ketones is 1. The van der Waals surface area contributed by atoms with Crippen LogP contribution in [0.2, 0.25) is 0 Å². The first-order chi connectivity index (χ1) is 7.16. The fraction of sp³-hybridized carbons (Fsp3) is 0.200. The highest BCUT2D eigenvalue weighted by molar-refractivity contribution is 7.12. The number of aromatic nitrogens is 1. The van der Waals surface area contributed by atoms with Gasteiger partial charge in [0.15, 0.2) is 5.78 Å². The molecular weight excluding hydrogens is 233 g/mol. The summed E-state index contributed by atoms with van der Waals surface area (Å²) in [5.74, 6) is -0.634. The van der Waals surface area contributed by atoms with E-state index < -0.39 is 5.82 Å². The SMILES string of the molecule is Cc1nc(CC(=O)c2sccc2F)cs1. The summed E-state index contributed by atoms with van der Waals surface area (Å²) in [5, 5.41) is 4.33. The fourth-order valence-electron chi connectivity index (χ4n) is 1.23. The molecule has 0 N–H and O–H groups in total. The first kappa shape index (κ1) is 10.4. The van der Waals surface area contributed by atoms with Gasteiger partial charge in [0.25, 0.3) is 0 Å². The van der Waals surface area contributed by atoms with Crippen molar-refractivity contribution in [3.05, 3.63) is 38.2 Å². The zero-order chi connectivity index (χ0) is 10.8. The molecule has 0 aliphatic rings. The van der Waals surface area contributed by atoms with Crippen LogP contribution in [0, 0.1) is 12.7 Å². The van der Waals surface area contributed by atoms with Gasteiger partial charge in [-0.05, 0) is 18.4 Å². The maximum Gasteiger partial charge on any atom is 0.181 e. The molecule has 15 heavy (non-hydrogen) atoms. The van der Waals surface area contributed by atoms with Gasteiger partial charge in [-0.1, -0.05) is 0 Å². The molecule has 5 heteroatoms. The lowest BCUT2D eigenvalue weighted by molar-refractivity contribution is 0.0992. The topological polar surface area (TPSA) is 30.0 Å². The Balaban J connectivity index is 2.14. The summed E-state index contributed by atoms with van der Waals surface area (Å²) in [6.45, 7) is 1.88. The lowest BCUT2D eigenvalue weighted by Crippen LogP contribution is -2.03. The van der Waals surface area contributed by atoms with Crippen molar-refractivity contribution in [3.63, 3.8) is 0 Å². The second-order valence-corrected chi connectivity index (χ2v) is 5.03. The molecule has 2 nitrogen and oxygen atoms in total. The molecule has 0 atom stereocenters. The van der Waals surface area contributed by atoms with Crippen LogP contribution in [-0.4, -0.2) is 10.8 Å². The first-order valence-corrected chi connectivity index (χ1v) is 6.10. The molecule has 0 aliphatic carbocycles. The normalized spacial score (nSPS) is 10.5. The summed E-state index contributed by atoms with van der Waals surface area (Å²) in [6, 6.07) is 1.31. The number of thiophene rings is 1. The average molecular weight is 241 g/mol. The highest BCUT2D eigenvalue weighted by Crippen LogP contribution is 2.18. The standard InChI is InChI=1S/C10H8FNOS2/c1-6-12-7(5-15-6)4-9(13)10-8(11)2-3-14-10/h2-3,5H,4H2,1H3. The number of hydrogen-bond donors (Lipinski definition) is 0. The maximum atomic E-state index is 13.1. The number of carbonyl (C=O) groups is 1. The lowest BCUT2D eigenvalue weighted by Gasteiger charge is -1.94. The van der Waals surface area contributed by atoms with Gasteiger partial charge in [0, 0.05) is 5.38 Å². The summed E-state index contributed by atoms with van der Waals surface area (Å²) in [4.78, 5) is 16.0. The largest absolute Gasteiger partial charge is 0.293 e. The van der Waals surface area contributed by atoms with Crippen molar-refractivity contribution in [2.24, 2.45) is 0 Å². The molecule has 2 aromatic heterocycles. The molecule has 0 unspecified atom stereocenters. The Morgan fingerprint density at radius 3 is 2.87 bits per heavy atom. The predicted octanol–water partition coefficient (Wildman–Crippen LogP) is 3.08. The third-order valence-electron chi connectivity index (χ3n) is 1.88. The van der Waals surface area contributed by atoms with Gasteiger partial charge >= 0.3 is 0 Å². The Hall–Kier alpha value is -1.07. The minimum atomic E-state index is -0.433. The number of Topliss-reactive ketones (excluding diaryl/α,β-unsaturated/α-hetero) is 1. The minimum absolute atomic E-state index is 0.182. The van der Waals surface area contributed by atoms with Crippen LogP contribution in [0.4, 0.5) is 4.39 Å². The summed E-state index contributed by atoms with van der Waals surface area (Å²) in [7, 11) is 0. The van der Waals surface area contributed by atoms with E-state index in [1.165, 1.54) is 17.4 Å². The van der Waals surface area contributed by atoms with Gasteiger partial charge in [-0.3, -0.25) is 4.79 Å². The number of carbonyl (C=O) groups excluding carboxylic acids is 1. The molecular formula is C10H8FNOS2. The second-order valence-electron chi connectivity index (χ2n) is 3.06. The Kier molecular flexibility index (Phi) is 2.93. The Morgan fingerprint density at radius 2 is 2.33 bits per heavy atom. The Morgan fingerprint density at radius 1 is 1.53 bits per heavy atom. The number of aryl methyl sites for hydroxylation is 1. The van der Waals surface area contributed by atoms with E-state index in [2.05, 4.69) is 4.98 Å². The molecule has 0 saturated heterocycles. The summed E-state index contributed by atoms with van der Waals surface area (Å²) in [6.07, 6.45) is 0.182. The molecule has 2 aromatic rings. The minimum Gasteiger partial charge on any atom is -0.293 e. The van der Waals surface area contributed by atoms with Crippen LogP contribution in [0.15, 0.2) is 16.8 Å². The summed E-state index contributed by atoms with van der Waals surface area (Å²) >= 11 is 2.63. The quantitative estimate of drug-likeness (QED) is 0.773. The van der Waals surface area contributed by atoms with Crippen LogP contribution in [0.3, 0.4) is 0 Å². The number of hydrogen-bond acceptors (Lipinski definition) is 4. The van der Waals surface area contributed by atoms with Gasteiger partial charge in [0.2, 0.25) is 0 Å². The molecule has 0 fully saturated rings. The average Bonchev–Trinajstić information content (AvgIpc) is 2.75. The van der Waals surface area contributed by atoms with Crippen LogP contribution >= 0.6 is 22.7 Å². The van der Waals surface area contributed by atoms with Crippen molar-refractivity contribution in [3.8, 4) is 0 Å². The highest BCUT2D eigenvalue weighted by Gasteiger charge is 2.14. The Labute approximate surface area is 94.4 Å². The molecule has 0 spiro atoms. The van der Waals surface area contributed by atoms with Gasteiger partial charge in [-0.25, -0.2) is 9.37 Å². The van der Waals surface area contributed by atoms with E-state index in [1.807, 2.05) is 12.3 Å². The molecule has 0 aromatic carbocycles. The van der Waals surface area contributed by atoms with Crippen LogP contribution in [0.5, 0.6) is 0 Å². The smallest absolute Gasteiger partial charge is 0.181 e. The highest BCUT2D eigenvalue weighted by atomic mass is 32.1. The fourth-order valence-corrected chi connectivity index (χ4v) is 2.55. The van der Waals surface area contributed by atoms with Crippen LogP contribution in [0.25, 0.3) is 0 Å². The van der Waals surface area contributed by atoms with Crippen molar-refractivity contribution in [1.29, 1.82) is 0 Å². The molecule has 0 saturated carbocycles. The van der Waals surface area contributed by atoms with E-state index in [0.29, 0.717) is 0 Å². The van der Waals surface area contributed by atoms with Gasteiger partial charge in [-0.2, -0.15) is 0 Å². The van der Waals surface area contributed by atoms with E-state index in [-0.39, 0.29) is 17.1 Å². The van der Waals surface area contributed by atoms with Crippen molar-refractivity contribution in [1.82, 2.24) is 4.98 Å². The van der Waals surface area contributed by atoms with Crippen molar-refractivity contribution < 1.29 is 9.18 Å². The Bertz CT molecular complexity index is 489. The number of rotatable bonds is 3. The predicted molar refractivity (Wildman–Crippen MR) is 59.2 cm³/mol. The third kappa shape index (κ3) is 2.30. The monoisotopic (exact) mass is 241 g/mol. The van der Waals surface area contributed by atoms with Gasteiger partial charge in [0.05, 0.1) is 17.1 Å². The zero-order valence-corrected chi connectivity index (χ0v) is 9.62. The molecule has 0 aliphatic heterocycles. The zero-order valence-electron chi connectivity index (χ0n) is 7.99. The van der Waals surface area contributed by atoms with Crippen LogP contribution in [-0.2, 0) is 6.42 Å². The van der Waals surface area contributed by atoms with Crippen molar-refractivity contribution in [2.45, 2.75) is 13.3 Å². The molecule has 2 rings (SSSR count). The van der Waals surface area contributed by atoms with E-state index in [9.17, 15) is 9.18 Å². The number of nitrogens with zero attached hydrogens (tertiary/aromatic N) is 1.